The fourth-order valence-corrected chi connectivity index (χ4v) is 2.72. The van der Waals surface area contributed by atoms with Gasteiger partial charge in [0.1, 0.15) is 6.61 Å². The number of ether oxygens (including phenoxy) is 1. The molecule has 1 N–H and O–H groups in total. The second-order valence-electron chi connectivity index (χ2n) is 4.96. The molecule has 0 unspecified atom stereocenters. The van der Waals surface area contributed by atoms with Crippen molar-refractivity contribution in [2.45, 2.75) is 11.8 Å². The average Bonchev–Trinajstić information content (AvgIpc) is 2.53. The van der Waals surface area contributed by atoms with Gasteiger partial charge in [-0.25, -0.2) is 17.9 Å². The van der Waals surface area contributed by atoms with Crippen molar-refractivity contribution in [3.63, 3.8) is 0 Å². The quantitative estimate of drug-likeness (QED) is 0.913. The third-order valence-corrected chi connectivity index (χ3v) is 4.44. The summed E-state index contributed by atoms with van der Waals surface area (Å²) in [6.07, 6.45) is -1.04. The molecule has 0 radical (unpaired) electrons. The molecule has 0 aliphatic carbocycles. The summed E-state index contributed by atoms with van der Waals surface area (Å²) in [5, 5.41) is 0. The smallest absolute Gasteiger partial charge is 0.421 e. The minimum Gasteiger partial charge on any atom is -0.444 e. The van der Waals surface area contributed by atoms with E-state index in [-0.39, 0.29) is 11.5 Å². The van der Waals surface area contributed by atoms with E-state index in [4.69, 9.17) is 4.74 Å². The van der Waals surface area contributed by atoms with E-state index in [1.807, 2.05) is 42.0 Å². The average molecular weight is 331 g/mol. The number of aryl methyl sites for hydroxylation is 1. The molecule has 120 valence electrons. The molecule has 0 fully saturated rings. The first-order valence-electron chi connectivity index (χ1n) is 6.88. The van der Waals surface area contributed by atoms with Crippen LogP contribution in [0.25, 0.3) is 5.57 Å². The zero-order valence-corrected chi connectivity index (χ0v) is 13.5. The lowest BCUT2D eigenvalue weighted by molar-refractivity contribution is 0.166. The summed E-state index contributed by atoms with van der Waals surface area (Å²) < 4.78 is 30.8. The van der Waals surface area contributed by atoms with Crippen molar-refractivity contribution in [3.05, 3.63) is 72.3 Å². The fourth-order valence-electron chi connectivity index (χ4n) is 1.83. The van der Waals surface area contributed by atoms with Crippen LogP contribution >= 0.6 is 0 Å². The summed E-state index contributed by atoms with van der Waals surface area (Å²) in [7, 11) is -3.94. The number of benzene rings is 2. The van der Waals surface area contributed by atoms with Gasteiger partial charge in [0.25, 0.3) is 10.0 Å². The first-order valence-corrected chi connectivity index (χ1v) is 8.36. The molecule has 6 heteroatoms. The van der Waals surface area contributed by atoms with Crippen LogP contribution in [0.5, 0.6) is 0 Å². The number of hydrogen-bond acceptors (Lipinski definition) is 4. The lowest BCUT2D eigenvalue weighted by Gasteiger charge is -2.10. The number of nitrogens with one attached hydrogen (secondary N) is 1. The zero-order valence-electron chi connectivity index (χ0n) is 12.7. The number of amides is 1. The molecule has 0 saturated heterocycles. The third-order valence-electron chi connectivity index (χ3n) is 3.11. The Hall–Kier alpha value is -2.60. The molecule has 2 aromatic rings. The second kappa shape index (κ2) is 7.11. The van der Waals surface area contributed by atoms with Crippen LogP contribution in [-0.4, -0.2) is 21.1 Å². The van der Waals surface area contributed by atoms with Crippen molar-refractivity contribution < 1.29 is 17.9 Å². The van der Waals surface area contributed by atoms with Crippen LogP contribution in [0.4, 0.5) is 4.79 Å². The lowest BCUT2D eigenvalue weighted by atomic mass is 10.1. The molecule has 1 amide bonds. The Balaban J connectivity index is 1.94. The van der Waals surface area contributed by atoms with Crippen molar-refractivity contribution in [2.24, 2.45) is 0 Å². The van der Waals surface area contributed by atoms with E-state index >= 15 is 0 Å². The first kappa shape index (κ1) is 16.8. The normalized spacial score (nSPS) is 10.8. The molecule has 5 nitrogen and oxygen atoms in total. The SMILES string of the molecule is C=C(COC(=O)NS(=O)(=O)c1ccc(C)cc1)c1ccccc1. The Morgan fingerprint density at radius 1 is 1.09 bits per heavy atom. The number of hydrogen-bond donors (Lipinski definition) is 1. The van der Waals surface area contributed by atoms with E-state index in [1.54, 1.807) is 12.1 Å². The molecule has 0 aliphatic heterocycles. The van der Waals surface area contributed by atoms with E-state index in [0.717, 1.165) is 11.1 Å². The van der Waals surface area contributed by atoms with Gasteiger partial charge in [-0.3, -0.25) is 0 Å². The number of carbonyl (C=O) groups is 1. The van der Waals surface area contributed by atoms with Gasteiger partial charge < -0.3 is 4.74 Å². The van der Waals surface area contributed by atoms with Gasteiger partial charge in [-0.05, 0) is 30.2 Å². The number of rotatable bonds is 5. The van der Waals surface area contributed by atoms with E-state index in [9.17, 15) is 13.2 Å². The molecule has 0 aliphatic rings. The highest BCUT2D eigenvalue weighted by Crippen LogP contribution is 2.13. The lowest BCUT2D eigenvalue weighted by Crippen LogP contribution is -2.31. The molecular weight excluding hydrogens is 314 g/mol. The zero-order chi connectivity index (χ0) is 16.9. The molecule has 0 heterocycles. The minimum absolute atomic E-state index is 0.00179. The van der Waals surface area contributed by atoms with Crippen LogP contribution in [0.1, 0.15) is 11.1 Å². The topological polar surface area (TPSA) is 72.5 Å². The van der Waals surface area contributed by atoms with Crippen molar-refractivity contribution in [3.8, 4) is 0 Å². The van der Waals surface area contributed by atoms with Crippen molar-refractivity contribution in [1.82, 2.24) is 4.72 Å². The Labute approximate surface area is 135 Å². The van der Waals surface area contributed by atoms with Crippen LogP contribution in [-0.2, 0) is 14.8 Å². The summed E-state index contributed by atoms with van der Waals surface area (Å²) in [6, 6.07) is 15.3. The maximum atomic E-state index is 12.0. The van der Waals surface area contributed by atoms with Gasteiger partial charge in [0, 0.05) is 0 Å². The van der Waals surface area contributed by atoms with Crippen molar-refractivity contribution in [2.75, 3.05) is 6.61 Å². The van der Waals surface area contributed by atoms with Gasteiger partial charge in [-0.1, -0.05) is 54.6 Å². The van der Waals surface area contributed by atoms with Crippen LogP contribution in [0.3, 0.4) is 0 Å². The van der Waals surface area contributed by atoms with E-state index < -0.39 is 16.1 Å². The van der Waals surface area contributed by atoms with Crippen molar-refractivity contribution in [1.29, 1.82) is 0 Å². The standard InChI is InChI=1S/C17H17NO4S/c1-13-8-10-16(11-9-13)23(20,21)18-17(19)22-12-14(2)15-6-4-3-5-7-15/h3-11H,2,12H2,1H3,(H,18,19). The Morgan fingerprint density at radius 2 is 1.70 bits per heavy atom. The van der Waals surface area contributed by atoms with Gasteiger partial charge in [-0.2, -0.15) is 0 Å². The van der Waals surface area contributed by atoms with E-state index in [2.05, 4.69) is 6.58 Å². The fraction of sp³-hybridized carbons (Fsp3) is 0.118. The molecular formula is C17H17NO4S. The monoisotopic (exact) mass is 331 g/mol. The number of sulfonamides is 1. The summed E-state index contributed by atoms with van der Waals surface area (Å²) in [4.78, 5) is 11.7. The largest absolute Gasteiger partial charge is 0.444 e. The molecule has 0 saturated carbocycles. The molecule has 0 aromatic heterocycles. The molecule has 0 bridgehead atoms. The Bertz CT molecular complexity index is 796. The van der Waals surface area contributed by atoms with Gasteiger partial charge in [0.05, 0.1) is 4.90 Å². The van der Waals surface area contributed by atoms with Gasteiger partial charge in [0.2, 0.25) is 0 Å². The third kappa shape index (κ3) is 4.69. The highest BCUT2D eigenvalue weighted by Gasteiger charge is 2.18. The molecule has 2 aromatic carbocycles. The minimum atomic E-state index is -3.94. The maximum absolute atomic E-state index is 12.0. The predicted octanol–water partition coefficient (Wildman–Crippen LogP) is 3.12. The van der Waals surface area contributed by atoms with Crippen LogP contribution in [0, 0.1) is 6.92 Å². The number of carbonyl (C=O) groups excluding carboxylic acids is 1. The van der Waals surface area contributed by atoms with Crippen LogP contribution in [0.2, 0.25) is 0 Å². The summed E-state index contributed by atoms with van der Waals surface area (Å²) >= 11 is 0. The highest BCUT2D eigenvalue weighted by molar-refractivity contribution is 7.90. The van der Waals surface area contributed by atoms with Crippen LogP contribution in [0.15, 0.2) is 66.1 Å². The maximum Gasteiger partial charge on any atom is 0.421 e. The van der Waals surface area contributed by atoms with Crippen molar-refractivity contribution >= 4 is 21.7 Å². The van der Waals surface area contributed by atoms with Crippen LogP contribution < -0.4 is 4.72 Å². The summed E-state index contributed by atoms with van der Waals surface area (Å²) in [6.45, 7) is 5.55. The Morgan fingerprint density at radius 3 is 2.30 bits per heavy atom. The highest BCUT2D eigenvalue weighted by atomic mass is 32.2. The Kier molecular flexibility index (Phi) is 5.18. The van der Waals surface area contributed by atoms with Gasteiger partial charge in [0.15, 0.2) is 0 Å². The first-order chi connectivity index (χ1) is 10.9. The van der Waals surface area contributed by atoms with E-state index in [1.165, 1.54) is 12.1 Å². The molecule has 2 rings (SSSR count). The van der Waals surface area contributed by atoms with E-state index in [0.29, 0.717) is 5.57 Å². The molecule has 0 atom stereocenters. The summed E-state index contributed by atoms with van der Waals surface area (Å²) in [5.41, 5.74) is 2.32. The molecule has 23 heavy (non-hydrogen) atoms. The van der Waals surface area contributed by atoms with Gasteiger partial charge >= 0.3 is 6.09 Å². The second-order valence-corrected chi connectivity index (χ2v) is 6.65. The molecule has 0 spiro atoms. The predicted molar refractivity (Wildman–Crippen MR) is 88.3 cm³/mol. The summed E-state index contributed by atoms with van der Waals surface area (Å²) in [5.74, 6) is 0. The van der Waals surface area contributed by atoms with Gasteiger partial charge in [-0.15, -0.1) is 0 Å².